The molecule has 1 unspecified atom stereocenters. The molecule has 0 saturated carbocycles. The van der Waals surface area contributed by atoms with Gasteiger partial charge in [-0.3, -0.25) is 14.7 Å². The predicted molar refractivity (Wildman–Crippen MR) is 245 cm³/mol. The Morgan fingerprint density at radius 1 is 0.983 bits per heavy atom. The fourth-order valence-corrected chi connectivity index (χ4v) is 10.8. The van der Waals surface area contributed by atoms with E-state index >= 15 is 0 Å². The van der Waals surface area contributed by atoms with E-state index in [9.17, 15) is 23.3 Å². The number of nitro benzene ring substituents is 1. The highest BCUT2D eigenvalue weighted by atomic mass is 127. The summed E-state index contributed by atoms with van der Waals surface area (Å²) in [6, 6.07) is 6.85. The van der Waals surface area contributed by atoms with Gasteiger partial charge in [0.1, 0.15) is 16.9 Å². The highest BCUT2D eigenvalue weighted by molar-refractivity contribution is 14.1. The molecule has 4 atom stereocenters. The largest absolute Gasteiger partial charge is 0.496 e. The molecule has 2 heterocycles. The molecular formula is C44H66IN3O10SSi. The zero-order valence-corrected chi connectivity index (χ0v) is 42.2. The first-order chi connectivity index (χ1) is 27.5. The smallest absolute Gasteiger partial charge is 0.353 e. The van der Waals surface area contributed by atoms with Gasteiger partial charge in [-0.2, -0.15) is 13.4 Å². The number of methoxy groups -OCH3 is 1. The SMILES string of the molecule is CC[C@H]1O[C@@H](n2cc(CO[C@H](c3cc(OC)c(I)cc3[N+](=O)[O-])C(C)(C)C)c(OS(=O)(=O)c3c(C(C)C)cc(C(C)C)cc3C(C)C)nc2=O)CC1O[Si](C)(C)C(C)(C)C. The molecule has 0 spiro atoms. The number of aromatic nitrogens is 2. The van der Waals surface area contributed by atoms with Gasteiger partial charge in [0.15, 0.2) is 8.32 Å². The molecule has 16 heteroatoms. The maximum absolute atomic E-state index is 14.7. The van der Waals surface area contributed by atoms with Crippen molar-refractivity contribution in [3.8, 4) is 11.6 Å². The Bertz CT molecular complexity index is 2180. The standard InChI is InChI=1S/C44H66IN3O10SSi/c1-17-35-37(58-60(15,16)44(11,12)13)22-38(56-35)47-23-29(24-55-40(43(8,9)10)32-20-36(54-14)33(45)21-34(32)48(50)51)41(46-42(47)49)57-59(52,53)39-30(26(4)5)18-28(25(2)3)19-31(39)27(6)7/h18-21,23,25-27,35,37-38,40H,17,22,24H2,1-16H3/t35-,37?,38-,40-/m1/s1. The van der Waals surface area contributed by atoms with Gasteiger partial charge in [0.2, 0.25) is 5.88 Å². The molecule has 1 saturated heterocycles. The van der Waals surface area contributed by atoms with Crippen LogP contribution in [0.25, 0.3) is 0 Å². The number of halogens is 1. The van der Waals surface area contributed by atoms with Gasteiger partial charge in [0.25, 0.3) is 5.69 Å². The maximum Gasteiger partial charge on any atom is 0.353 e. The van der Waals surface area contributed by atoms with E-state index in [0.29, 0.717) is 33.3 Å². The molecule has 0 amide bonds. The van der Waals surface area contributed by atoms with Crippen LogP contribution in [0.15, 0.2) is 40.2 Å². The van der Waals surface area contributed by atoms with Gasteiger partial charge in [0, 0.05) is 18.7 Å². The minimum atomic E-state index is -4.60. The van der Waals surface area contributed by atoms with Crippen molar-refractivity contribution in [2.75, 3.05) is 7.11 Å². The summed E-state index contributed by atoms with van der Waals surface area (Å²) in [7, 11) is -5.35. The normalized spacial score (nSPS) is 18.4. The summed E-state index contributed by atoms with van der Waals surface area (Å²) in [4.78, 5) is 30.4. The number of nitrogens with zero attached hydrogens (tertiary/aromatic N) is 3. The third-order valence-corrected chi connectivity index (χ3v) is 18.3. The molecule has 2 aromatic carbocycles. The summed E-state index contributed by atoms with van der Waals surface area (Å²) in [6.07, 6.45) is 0.204. The van der Waals surface area contributed by atoms with E-state index in [4.69, 9.17) is 22.8 Å². The Balaban J connectivity index is 1.92. The fraction of sp³-hybridized carbons (Fsp3) is 0.636. The van der Waals surface area contributed by atoms with Gasteiger partial charge in [-0.25, -0.2) is 4.79 Å². The Morgan fingerprint density at radius 2 is 1.57 bits per heavy atom. The quantitative estimate of drug-likeness (QED) is 0.0442. The Hall–Kier alpha value is -2.90. The van der Waals surface area contributed by atoms with E-state index in [2.05, 4.69) is 52.7 Å². The molecule has 3 aromatic rings. The van der Waals surface area contributed by atoms with Gasteiger partial charge < -0.3 is 22.8 Å². The number of benzene rings is 2. The number of nitro groups is 1. The Labute approximate surface area is 371 Å². The summed E-state index contributed by atoms with van der Waals surface area (Å²) >= 11 is 1.99. The van der Waals surface area contributed by atoms with Crippen LogP contribution in [0.1, 0.15) is 161 Å². The molecule has 0 N–H and O–H groups in total. The van der Waals surface area contributed by atoms with Crippen LogP contribution in [0.3, 0.4) is 0 Å². The lowest BCUT2D eigenvalue weighted by Gasteiger charge is -2.39. The molecule has 1 aromatic heterocycles. The van der Waals surface area contributed by atoms with Crippen LogP contribution >= 0.6 is 22.6 Å². The highest BCUT2D eigenvalue weighted by Gasteiger charge is 2.45. The summed E-state index contributed by atoms with van der Waals surface area (Å²) in [5.41, 5.74) is 0.953. The number of rotatable bonds is 16. The second-order valence-electron chi connectivity index (χ2n) is 19.3. The van der Waals surface area contributed by atoms with Crippen molar-refractivity contribution in [2.24, 2.45) is 5.41 Å². The third kappa shape index (κ3) is 11.0. The first-order valence-electron chi connectivity index (χ1n) is 20.7. The van der Waals surface area contributed by atoms with Crippen LogP contribution in [0.4, 0.5) is 5.69 Å². The first kappa shape index (κ1) is 49.7. The lowest BCUT2D eigenvalue weighted by molar-refractivity contribution is -0.386. The zero-order valence-electron chi connectivity index (χ0n) is 38.3. The van der Waals surface area contributed by atoms with E-state index in [1.807, 2.05) is 90.1 Å². The Kier molecular flexibility index (Phi) is 15.6. The van der Waals surface area contributed by atoms with E-state index in [0.717, 1.165) is 5.56 Å². The summed E-state index contributed by atoms with van der Waals surface area (Å²) in [5.74, 6) is -0.231. The molecule has 1 aliphatic heterocycles. The van der Waals surface area contributed by atoms with Gasteiger partial charge >= 0.3 is 15.8 Å². The summed E-state index contributed by atoms with van der Waals surface area (Å²) < 4.78 is 62.7. The predicted octanol–water partition coefficient (Wildman–Crippen LogP) is 11.3. The molecular weight excluding hydrogens is 918 g/mol. The monoisotopic (exact) mass is 983 g/mol. The lowest BCUT2D eigenvalue weighted by Crippen LogP contribution is -2.45. The first-order valence-corrected chi connectivity index (χ1v) is 26.1. The minimum Gasteiger partial charge on any atom is -0.496 e. The van der Waals surface area contributed by atoms with E-state index < -0.39 is 52.7 Å². The van der Waals surface area contributed by atoms with Crippen molar-refractivity contribution in [3.05, 3.63) is 82.4 Å². The number of hydrogen-bond donors (Lipinski definition) is 0. The number of hydrogen-bond acceptors (Lipinski definition) is 11. The van der Waals surface area contributed by atoms with Crippen LogP contribution in [0.2, 0.25) is 18.1 Å². The average molecular weight is 984 g/mol. The van der Waals surface area contributed by atoms with Crippen LogP contribution in [-0.4, -0.2) is 50.5 Å². The summed E-state index contributed by atoms with van der Waals surface area (Å²) in [5, 5.41) is 12.4. The maximum atomic E-state index is 14.7. The van der Waals surface area contributed by atoms with Gasteiger partial charge in [-0.05, 0) is 93.1 Å². The van der Waals surface area contributed by atoms with E-state index in [1.165, 1.54) is 23.9 Å². The van der Waals surface area contributed by atoms with Gasteiger partial charge in [-0.15, -0.1) is 0 Å². The minimum absolute atomic E-state index is 0.0412. The van der Waals surface area contributed by atoms with Crippen LogP contribution < -0.4 is 14.6 Å². The molecule has 0 aliphatic carbocycles. The van der Waals surface area contributed by atoms with Crippen LogP contribution in [-0.2, 0) is 30.6 Å². The topological polar surface area (TPSA) is 158 Å². The highest BCUT2D eigenvalue weighted by Crippen LogP contribution is 2.45. The van der Waals surface area contributed by atoms with Crippen molar-refractivity contribution in [1.82, 2.24) is 9.55 Å². The number of ether oxygens (including phenoxy) is 3. The lowest BCUT2D eigenvalue weighted by atomic mass is 9.83. The molecule has 13 nitrogen and oxygen atoms in total. The van der Waals surface area contributed by atoms with E-state index in [1.54, 1.807) is 6.07 Å². The van der Waals surface area contributed by atoms with Gasteiger partial charge in [0.05, 0.1) is 51.6 Å². The van der Waals surface area contributed by atoms with Crippen molar-refractivity contribution in [2.45, 2.75) is 175 Å². The average Bonchev–Trinajstić information content (AvgIpc) is 3.52. The van der Waals surface area contributed by atoms with E-state index in [-0.39, 0.29) is 63.3 Å². The molecule has 1 aliphatic rings. The van der Waals surface area contributed by atoms with Crippen molar-refractivity contribution >= 4 is 46.7 Å². The third-order valence-electron chi connectivity index (χ3n) is 11.6. The molecule has 60 heavy (non-hydrogen) atoms. The summed E-state index contributed by atoms with van der Waals surface area (Å²) in [6.45, 7) is 30.0. The fourth-order valence-electron chi connectivity index (χ4n) is 7.17. The van der Waals surface area contributed by atoms with Crippen LogP contribution in [0, 0.1) is 19.1 Å². The van der Waals surface area contributed by atoms with Crippen molar-refractivity contribution < 1.29 is 36.2 Å². The van der Waals surface area contributed by atoms with Gasteiger partial charge in [-0.1, -0.05) is 102 Å². The Morgan fingerprint density at radius 3 is 2.03 bits per heavy atom. The second-order valence-corrected chi connectivity index (χ2v) is 26.7. The molecule has 334 valence electrons. The molecule has 4 rings (SSSR count). The van der Waals surface area contributed by atoms with Crippen molar-refractivity contribution in [1.29, 1.82) is 0 Å². The zero-order chi connectivity index (χ0) is 45.4. The second kappa shape index (κ2) is 18.8. The molecule has 0 bridgehead atoms. The molecule has 0 radical (unpaired) electrons. The van der Waals surface area contributed by atoms with Crippen molar-refractivity contribution in [3.63, 3.8) is 0 Å². The molecule has 1 fully saturated rings. The van der Waals surface area contributed by atoms with Crippen LogP contribution in [0.5, 0.6) is 11.6 Å².